The molecule has 0 unspecified atom stereocenters. The smallest absolute Gasteiger partial charge is 0.185 e. The first kappa shape index (κ1) is 20.4. The molecule has 0 heterocycles. The molecule has 2 aromatic rings. The normalized spacial score (nSPS) is 11.0. The van der Waals surface area contributed by atoms with Crippen LogP contribution in [-0.4, -0.2) is 17.7 Å². The molecule has 0 radical (unpaired) electrons. The van der Waals surface area contributed by atoms with Gasteiger partial charge in [-0.1, -0.05) is 90.2 Å². The summed E-state index contributed by atoms with van der Waals surface area (Å²) in [4.78, 5) is 12.1. The van der Waals surface area contributed by atoms with Crippen LogP contribution in [0.4, 0.5) is 0 Å². The molecule has 0 aliphatic rings. The van der Waals surface area contributed by atoms with Crippen LogP contribution in [-0.2, 0) is 0 Å². The Hall–Kier alpha value is -1.87. The van der Waals surface area contributed by atoms with Crippen LogP contribution in [0.3, 0.4) is 0 Å². The van der Waals surface area contributed by atoms with Crippen molar-refractivity contribution in [2.75, 3.05) is 11.9 Å². The zero-order chi connectivity index (χ0) is 18.5. The van der Waals surface area contributed by atoms with E-state index in [1.807, 2.05) is 60.7 Å². The first-order valence-corrected chi connectivity index (χ1v) is 10.5. The van der Waals surface area contributed by atoms with Gasteiger partial charge < -0.3 is 4.74 Å². The lowest BCUT2D eigenvalue weighted by molar-refractivity contribution is 0.104. The zero-order valence-corrected chi connectivity index (χ0v) is 16.8. The molecule has 0 saturated heterocycles. The van der Waals surface area contributed by atoms with Crippen molar-refractivity contribution in [2.45, 2.75) is 38.5 Å². The van der Waals surface area contributed by atoms with Crippen molar-refractivity contribution in [3.63, 3.8) is 0 Å². The molecular formula is C23H27BrO2. The quantitative estimate of drug-likeness (QED) is 0.167. The highest BCUT2D eigenvalue weighted by atomic mass is 79.9. The minimum atomic E-state index is 0.0158. The molecule has 0 aliphatic carbocycles. The van der Waals surface area contributed by atoms with Crippen molar-refractivity contribution in [2.24, 2.45) is 0 Å². The SMILES string of the molecule is O=C(/C=C/c1ccc(OCCCCCCCCBr)cc1)c1ccccc1. The molecule has 0 aromatic heterocycles. The second-order valence-corrected chi connectivity index (χ2v) is 7.08. The van der Waals surface area contributed by atoms with E-state index in [2.05, 4.69) is 15.9 Å². The van der Waals surface area contributed by atoms with E-state index in [0.717, 1.165) is 29.7 Å². The second-order valence-electron chi connectivity index (χ2n) is 6.29. The van der Waals surface area contributed by atoms with Gasteiger partial charge in [0.25, 0.3) is 0 Å². The number of halogens is 1. The summed E-state index contributed by atoms with van der Waals surface area (Å²) in [5.74, 6) is 0.901. The summed E-state index contributed by atoms with van der Waals surface area (Å²) in [6, 6.07) is 17.2. The molecule has 0 atom stereocenters. The van der Waals surface area contributed by atoms with E-state index in [0.29, 0.717) is 5.56 Å². The predicted octanol–water partition coefficient (Wildman–Crippen LogP) is 6.70. The molecule has 2 rings (SSSR count). The molecule has 0 saturated carbocycles. The van der Waals surface area contributed by atoms with Crippen LogP contribution in [0.15, 0.2) is 60.7 Å². The highest BCUT2D eigenvalue weighted by Gasteiger charge is 2.00. The van der Waals surface area contributed by atoms with E-state index in [-0.39, 0.29) is 5.78 Å². The Morgan fingerprint density at radius 3 is 2.19 bits per heavy atom. The van der Waals surface area contributed by atoms with Crippen LogP contribution in [0.5, 0.6) is 5.75 Å². The number of unbranched alkanes of at least 4 members (excludes halogenated alkanes) is 5. The third kappa shape index (κ3) is 8.01. The van der Waals surface area contributed by atoms with Gasteiger partial charge in [0.2, 0.25) is 0 Å². The molecule has 2 aromatic carbocycles. The molecular weight excluding hydrogens is 388 g/mol. The van der Waals surface area contributed by atoms with Crippen LogP contribution in [0, 0.1) is 0 Å². The van der Waals surface area contributed by atoms with E-state index >= 15 is 0 Å². The maximum Gasteiger partial charge on any atom is 0.185 e. The summed E-state index contributed by atoms with van der Waals surface area (Å²) in [6.07, 6.45) is 11.0. The standard InChI is InChI=1S/C23H27BrO2/c24-18-8-3-1-2-4-9-19-26-22-15-12-20(13-16-22)14-17-23(25)21-10-6-5-7-11-21/h5-7,10-17H,1-4,8-9,18-19H2/b17-14+. The lowest BCUT2D eigenvalue weighted by Crippen LogP contribution is -1.97. The summed E-state index contributed by atoms with van der Waals surface area (Å²) in [7, 11) is 0. The Bertz CT molecular complexity index is 662. The lowest BCUT2D eigenvalue weighted by Gasteiger charge is -2.06. The first-order chi connectivity index (χ1) is 12.8. The number of hydrogen-bond acceptors (Lipinski definition) is 2. The van der Waals surface area contributed by atoms with Gasteiger partial charge in [0.15, 0.2) is 5.78 Å². The van der Waals surface area contributed by atoms with Crippen molar-refractivity contribution < 1.29 is 9.53 Å². The van der Waals surface area contributed by atoms with Crippen molar-refractivity contribution >= 4 is 27.8 Å². The molecule has 0 fully saturated rings. The number of allylic oxidation sites excluding steroid dienone is 1. The first-order valence-electron chi connectivity index (χ1n) is 9.36. The molecule has 3 heteroatoms. The fraction of sp³-hybridized carbons (Fsp3) is 0.348. The molecule has 0 bridgehead atoms. The van der Waals surface area contributed by atoms with Gasteiger partial charge in [0.1, 0.15) is 5.75 Å². The summed E-state index contributed by atoms with van der Waals surface area (Å²) < 4.78 is 5.79. The molecule has 0 amide bonds. The maximum atomic E-state index is 12.1. The Balaban J connectivity index is 1.68. The minimum Gasteiger partial charge on any atom is -0.494 e. The maximum absolute atomic E-state index is 12.1. The van der Waals surface area contributed by atoms with Crippen molar-refractivity contribution in [1.29, 1.82) is 0 Å². The van der Waals surface area contributed by atoms with E-state index in [9.17, 15) is 4.79 Å². The molecule has 0 N–H and O–H groups in total. The van der Waals surface area contributed by atoms with Gasteiger partial charge in [-0.25, -0.2) is 0 Å². The van der Waals surface area contributed by atoms with Gasteiger partial charge >= 0.3 is 0 Å². The lowest BCUT2D eigenvalue weighted by atomic mass is 10.1. The van der Waals surface area contributed by atoms with Gasteiger partial charge in [-0.2, -0.15) is 0 Å². The highest BCUT2D eigenvalue weighted by Crippen LogP contribution is 2.15. The monoisotopic (exact) mass is 414 g/mol. The van der Waals surface area contributed by atoms with E-state index in [4.69, 9.17) is 4.74 Å². The molecule has 138 valence electrons. The van der Waals surface area contributed by atoms with E-state index < -0.39 is 0 Å². The number of rotatable bonds is 12. The summed E-state index contributed by atoms with van der Waals surface area (Å²) in [5, 5.41) is 1.11. The average molecular weight is 415 g/mol. The molecule has 2 nitrogen and oxygen atoms in total. The van der Waals surface area contributed by atoms with Gasteiger partial charge in [0.05, 0.1) is 6.61 Å². The molecule has 0 spiro atoms. The zero-order valence-electron chi connectivity index (χ0n) is 15.2. The summed E-state index contributed by atoms with van der Waals surface area (Å²) >= 11 is 3.46. The number of carbonyl (C=O) groups is 1. The van der Waals surface area contributed by atoms with Gasteiger partial charge in [0, 0.05) is 10.9 Å². The Morgan fingerprint density at radius 1 is 0.846 bits per heavy atom. The van der Waals surface area contributed by atoms with E-state index in [1.54, 1.807) is 6.08 Å². The van der Waals surface area contributed by atoms with Gasteiger partial charge in [-0.05, 0) is 36.6 Å². The summed E-state index contributed by atoms with van der Waals surface area (Å²) in [5.41, 5.74) is 1.70. The van der Waals surface area contributed by atoms with Crippen molar-refractivity contribution in [3.8, 4) is 5.75 Å². The second kappa shape index (κ2) is 12.5. The number of carbonyl (C=O) groups excluding carboxylic acids is 1. The fourth-order valence-electron chi connectivity index (χ4n) is 2.64. The fourth-order valence-corrected chi connectivity index (χ4v) is 3.04. The van der Waals surface area contributed by atoms with Gasteiger partial charge in [-0.15, -0.1) is 0 Å². The molecule has 0 aliphatic heterocycles. The van der Waals surface area contributed by atoms with E-state index in [1.165, 1.54) is 32.1 Å². The number of hydrogen-bond donors (Lipinski definition) is 0. The third-order valence-corrected chi connectivity index (χ3v) is 4.72. The van der Waals surface area contributed by atoms with Crippen molar-refractivity contribution in [1.82, 2.24) is 0 Å². The number of ether oxygens (including phenoxy) is 1. The Morgan fingerprint density at radius 2 is 1.50 bits per heavy atom. The van der Waals surface area contributed by atoms with Crippen molar-refractivity contribution in [3.05, 3.63) is 71.8 Å². The molecule has 26 heavy (non-hydrogen) atoms. The summed E-state index contributed by atoms with van der Waals surface area (Å²) in [6.45, 7) is 0.764. The Kier molecular flexibility index (Phi) is 9.81. The minimum absolute atomic E-state index is 0.0158. The third-order valence-electron chi connectivity index (χ3n) is 4.16. The van der Waals surface area contributed by atoms with Crippen LogP contribution < -0.4 is 4.74 Å². The Labute approximate surface area is 165 Å². The van der Waals surface area contributed by atoms with Crippen LogP contribution >= 0.6 is 15.9 Å². The van der Waals surface area contributed by atoms with Gasteiger partial charge in [-0.3, -0.25) is 4.79 Å². The average Bonchev–Trinajstić information content (AvgIpc) is 2.69. The van der Waals surface area contributed by atoms with Crippen LogP contribution in [0.25, 0.3) is 6.08 Å². The number of benzene rings is 2. The largest absolute Gasteiger partial charge is 0.494 e. The topological polar surface area (TPSA) is 26.3 Å². The number of alkyl halides is 1. The van der Waals surface area contributed by atoms with Crippen LogP contribution in [0.2, 0.25) is 0 Å². The van der Waals surface area contributed by atoms with Crippen LogP contribution in [0.1, 0.15) is 54.4 Å². The number of ketones is 1. The predicted molar refractivity (Wildman–Crippen MR) is 113 cm³/mol. The highest BCUT2D eigenvalue weighted by molar-refractivity contribution is 9.09.